The molecule has 1 atom stereocenters. The smallest absolute Gasteiger partial charge is 0.271 e. The Labute approximate surface area is 152 Å². The molecule has 1 aliphatic rings. The van der Waals surface area contributed by atoms with Crippen molar-refractivity contribution in [3.05, 3.63) is 52.6 Å². The van der Waals surface area contributed by atoms with Gasteiger partial charge in [0.15, 0.2) is 11.3 Å². The SMILES string of the molecule is C[C@H]1Oc2ccc3ncc(n3n2)C(=O)NCCOc2ccc(F)c(Cl)c21. The van der Waals surface area contributed by atoms with Gasteiger partial charge >= 0.3 is 0 Å². The van der Waals surface area contributed by atoms with Crippen LogP contribution in [0.1, 0.15) is 29.1 Å². The lowest BCUT2D eigenvalue weighted by Crippen LogP contribution is -2.29. The molecule has 0 aliphatic carbocycles. The van der Waals surface area contributed by atoms with E-state index in [0.29, 0.717) is 17.0 Å². The lowest BCUT2D eigenvalue weighted by molar-refractivity contribution is 0.0940. The van der Waals surface area contributed by atoms with Crippen LogP contribution in [0, 0.1) is 5.82 Å². The van der Waals surface area contributed by atoms with Crippen molar-refractivity contribution in [2.75, 3.05) is 13.2 Å². The number of aromatic nitrogens is 3. The van der Waals surface area contributed by atoms with Crippen LogP contribution >= 0.6 is 11.6 Å². The highest BCUT2D eigenvalue weighted by Gasteiger charge is 2.22. The van der Waals surface area contributed by atoms with E-state index in [9.17, 15) is 9.18 Å². The van der Waals surface area contributed by atoms with Crippen molar-refractivity contribution in [2.45, 2.75) is 13.0 Å². The lowest BCUT2D eigenvalue weighted by Gasteiger charge is -2.19. The molecule has 3 heterocycles. The number of benzene rings is 1. The summed E-state index contributed by atoms with van der Waals surface area (Å²) in [6.45, 7) is 2.15. The maximum absolute atomic E-state index is 13.9. The molecule has 2 bridgehead atoms. The number of nitrogens with zero attached hydrogens (tertiary/aromatic N) is 3. The normalized spacial score (nSPS) is 17.3. The molecule has 0 spiro atoms. The van der Waals surface area contributed by atoms with Crippen molar-refractivity contribution in [1.82, 2.24) is 19.9 Å². The predicted molar refractivity (Wildman–Crippen MR) is 91.3 cm³/mol. The monoisotopic (exact) mass is 376 g/mol. The molecule has 0 saturated heterocycles. The molecule has 2 aromatic heterocycles. The van der Waals surface area contributed by atoms with E-state index in [1.807, 2.05) is 0 Å². The number of hydrogen-bond acceptors (Lipinski definition) is 5. The Kier molecular flexibility index (Phi) is 4.12. The molecule has 4 rings (SSSR count). The van der Waals surface area contributed by atoms with Gasteiger partial charge in [0.2, 0.25) is 5.88 Å². The summed E-state index contributed by atoms with van der Waals surface area (Å²) in [6, 6.07) is 6.01. The van der Waals surface area contributed by atoms with Crippen LogP contribution in [0.5, 0.6) is 11.6 Å². The molecule has 1 aromatic carbocycles. The van der Waals surface area contributed by atoms with Gasteiger partial charge in [-0.05, 0) is 25.1 Å². The molecule has 0 unspecified atom stereocenters. The zero-order chi connectivity index (χ0) is 18.3. The van der Waals surface area contributed by atoms with E-state index in [2.05, 4.69) is 15.4 Å². The average Bonchev–Trinajstić information content (AvgIpc) is 3.04. The van der Waals surface area contributed by atoms with E-state index < -0.39 is 11.9 Å². The molecule has 26 heavy (non-hydrogen) atoms. The Hall–Kier alpha value is -2.87. The fraction of sp³-hybridized carbons (Fsp3) is 0.235. The molecular weight excluding hydrogens is 363 g/mol. The van der Waals surface area contributed by atoms with Crippen molar-refractivity contribution in [3.8, 4) is 11.6 Å². The fourth-order valence-corrected chi connectivity index (χ4v) is 3.09. The number of imidazole rings is 1. The summed E-state index contributed by atoms with van der Waals surface area (Å²) in [5, 5.41) is 6.96. The van der Waals surface area contributed by atoms with Crippen LogP contribution < -0.4 is 14.8 Å². The van der Waals surface area contributed by atoms with Gasteiger partial charge in [-0.25, -0.2) is 13.9 Å². The molecule has 1 N–H and O–H groups in total. The first kappa shape index (κ1) is 16.6. The molecule has 0 fully saturated rings. The van der Waals surface area contributed by atoms with Crippen LogP contribution in [0.25, 0.3) is 5.65 Å². The highest BCUT2D eigenvalue weighted by atomic mass is 35.5. The third-order valence-corrected chi connectivity index (χ3v) is 4.40. The van der Waals surface area contributed by atoms with Crippen LogP contribution in [0.3, 0.4) is 0 Å². The second-order valence-electron chi connectivity index (χ2n) is 5.72. The summed E-state index contributed by atoms with van der Waals surface area (Å²) in [7, 11) is 0. The van der Waals surface area contributed by atoms with Crippen LogP contribution in [-0.4, -0.2) is 33.7 Å². The zero-order valence-electron chi connectivity index (χ0n) is 13.7. The number of ether oxygens (including phenoxy) is 2. The Morgan fingerprint density at radius 3 is 3.04 bits per heavy atom. The summed E-state index contributed by atoms with van der Waals surface area (Å²) >= 11 is 6.14. The highest BCUT2D eigenvalue weighted by molar-refractivity contribution is 6.31. The fourth-order valence-electron chi connectivity index (χ4n) is 2.78. The molecule has 3 aromatic rings. The summed E-state index contributed by atoms with van der Waals surface area (Å²) < 4.78 is 26.9. The van der Waals surface area contributed by atoms with Gasteiger partial charge in [-0.1, -0.05) is 11.6 Å². The average molecular weight is 377 g/mol. The third-order valence-electron chi connectivity index (χ3n) is 4.01. The van der Waals surface area contributed by atoms with E-state index in [1.54, 1.807) is 19.1 Å². The molecule has 0 saturated carbocycles. The summed E-state index contributed by atoms with van der Waals surface area (Å²) in [6.07, 6.45) is 0.807. The van der Waals surface area contributed by atoms with Gasteiger partial charge < -0.3 is 14.8 Å². The van der Waals surface area contributed by atoms with E-state index in [0.717, 1.165) is 0 Å². The minimum absolute atomic E-state index is 0.0710. The summed E-state index contributed by atoms with van der Waals surface area (Å²) in [4.78, 5) is 16.5. The molecular formula is C17H14ClFN4O3. The maximum Gasteiger partial charge on any atom is 0.271 e. The minimum Gasteiger partial charge on any atom is -0.491 e. The van der Waals surface area contributed by atoms with Gasteiger partial charge in [-0.2, -0.15) is 0 Å². The number of halogens is 2. The van der Waals surface area contributed by atoms with Crippen LogP contribution in [0.4, 0.5) is 4.39 Å². The summed E-state index contributed by atoms with van der Waals surface area (Å²) in [5.74, 6) is -0.278. The molecule has 1 amide bonds. The number of nitrogens with one attached hydrogen (secondary N) is 1. The number of hydrogen-bond donors (Lipinski definition) is 1. The highest BCUT2D eigenvalue weighted by Crippen LogP contribution is 2.36. The molecule has 9 heteroatoms. The van der Waals surface area contributed by atoms with Gasteiger partial charge in [-0.15, -0.1) is 5.10 Å². The largest absolute Gasteiger partial charge is 0.491 e. The Bertz CT molecular complexity index is 1010. The third kappa shape index (κ3) is 2.82. The number of rotatable bonds is 0. The van der Waals surface area contributed by atoms with E-state index in [1.165, 1.54) is 22.8 Å². The van der Waals surface area contributed by atoms with Gasteiger partial charge in [0.25, 0.3) is 5.91 Å². The van der Waals surface area contributed by atoms with E-state index in [-0.39, 0.29) is 35.7 Å². The Morgan fingerprint density at radius 1 is 1.35 bits per heavy atom. The second kappa shape index (κ2) is 6.45. The number of carbonyl (C=O) groups excluding carboxylic acids is 1. The van der Waals surface area contributed by atoms with Crippen LogP contribution in [0.15, 0.2) is 30.5 Å². The Balaban J connectivity index is 1.82. The van der Waals surface area contributed by atoms with E-state index >= 15 is 0 Å². The number of fused-ring (bicyclic) bond motifs is 2. The van der Waals surface area contributed by atoms with Crippen LogP contribution in [0.2, 0.25) is 5.02 Å². The maximum atomic E-state index is 13.9. The predicted octanol–water partition coefficient (Wildman–Crippen LogP) is 2.78. The van der Waals surface area contributed by atoms with Crippen molar-refractivity contribution < 1.29 is 18.7 Å². The first-order chi connectivity index (χ1) is 12.5. The van der Waals surface area contributed by atoms with Crippen molar-refractivity contribution in [2.24, 2.45) is 0 Å². The van der Waals surface area contributed by atoms with Gasteiger partial charge in [-0.3, -0.25) is 4.79 Å². The van der Waals surface area contributed by atoms with Crippen molar-refractivity contribution in [3.63, 3.8) is 0 Å². The number of carbonyl (C=O) groups is 1. The zero-order valence-corrected chi connectivity index (χ0v) is 14.5. The van der Waals surface area contributed by atoms with Crippen molar-refractivity contribution >= 4 is 23.2 Å². The number of amides is 1. The van der Waals surface area contributed by atoms with E-state index in [4.69, 9.17) is 21.1 Å². The van der Waals surface area contributed by atoms with Gasteiger partial charge in [0, 0.05) is 6.07 Å². The first-order valence-corrected chi connectivity index (χ1v) is 8.32. The standard InChI is InChI=1S/C17H14ClFN4O3/c1-9-15-12(3-2-10(19)16(15)18)25-7-6-20-17(24)11-8-21-13-4-5-14(26-9)22-23(11)13/h2-5,8-9H,6-7H2,1H3,(H,20,24)/t9-/m1/s1. The Morgan fingerprint density at radius 2 is 2.19 bits per heavy atom. The summed E-state index contributed by atoms with van der Waals surface area (Å²) in [5.41, 5.74) is 1.16. The molecule has 134 valence electrons. The second-order valence-corrected chi connectivity index (χ2v) is 6.10. The van der Waals surface area contributed by atoms with Crippen LogP contribution in [-0.2, 0) is 0 Å². The first-order valence-electron chi connectivity index (χ1n) is 7.95. The van der Waals surface area contributed by atoms with Gasteiger partial charge in [0.05, 0.1) is 23.3 Å². The van der Waals surface area contributed by atoms with Crippen molar-refractivity contribution in [1.29, 1.82) is 0 Å². The lowest BCUT2D eigenvalue weighted by atomic mass is 10.1. The quantitative estimate of drug-likeness (QED) is 0.652. The van der Waals surface area contributed by atoms with Gasteiger partial charge in [0.1, 0.15) is 24.3 Å². The molecule has 1 aliphatic heterocycles. The molecule has 7 nitrogen and oxygen atoms in total. The minimum atomic E-state index is -0.630. The molecule has 0 radical (unpaired) electrons. The topological polar surface area (TPSA) is 77.8 Å².